The van der Waals surface area contributed by atoms with E-state index < -0.39 is 34.1 Å². The van der Waals surface area contributed by atoms with Gasteiger partial charge in [0.05, 0.1) is 28.1 Å². The molecule has 0 bridgehead atoms. The monoisotopic (exact) mass is 563 g/mol. The van der Waals surface area contributed by atoms with Crippen LogP contribution < -0.4 is 9.46 Å². The second-order valence-corrected chi connectivity index (χ2v) is 10.7. The first-order valence-electron chi connectivity index (χ1n) is 11.6. The summed E-state index contributed by atoms with van der Waals surface area (Å²) in [5, 5.41) is 10.5. The van der Waals surface area contributed by atoms with E-state index in [4.69, 9.17) is 0 Å². The maximum Gasteiger partial charge on any atom is 0.416 e. The van der Waals surface area contributed by atoms with E-state index in [0.717, 1.165) is 24.3 Å². The van der Waals surface area contributed by atoms with Gasteiger partial charge in [-0.05, 0) is 61.4 Å². The van der Waals surface area contributed by atoms with E-state index in [9.17, 15) is 35.6 Å². The summed E-state index contributed by atoms with van der Waals surface area (Å²) in [5.74, 6) is -0.582. The van der Waals surface area contributed by atoms with Crippen molar-refractivity contribution in [1.29, 1.82) is 5.26 Å². The maximum atomic E-state index is 12.8. The van der Waals surface area contributed by atoms with Gasteiger partial charge < -0.3 is 9.30 Å². The van der Waals surface area contributed by atoms with E-state index >= 15 is 0 Å². The first kappa shape index (κ1) is 27.9. The van der Waals surface area contributed by atoms with Crippen LogP contribution in [0, 0.1) is 11.3 Å². The number of fused-ring (bicyclic) bond motifs is 1. The zero-order valence-electron chi connectivity index (χ0n) is 20.6. The highest BCUT2D eigenvalue weighted by molar-refractivity contribution is 7.91. The van der Waals surface area contributed by atoms with Crippen molar-refractivity contribution in [2.45, 2.75) is 38.4 Å². The number of sulfonamides is 1. The van der Waals surface area contributed by atoms with Gasteiger partial charge in [-0.2, -0.15) is 27.2 Å². The summed E-state index contributed by atoms with van der Waals surface area (Å²) in [6.07, 6.45) is -4.52. The summed E-state index contributed by atoms with van der Waals surface area (Å²) in [6.45, 7) is 0.735. The average Bonchev–Trinajstić information content (AvgIpc) is 3.17. The van der Waals surface area contributed by atoms with Crippen molar-refractivity contribution in [2.24, 2.45) is 0 Å². The van der Waals surface area contributed by atoms with Crippen molar-refractivity contribution in [2.75, 3.05) is 4.72 Å². The SMILES string of the molecule is CC(C)n1c(-c2ccc(NS(=O)(=O)Cc3ccc(C(F)(F)F)cc3)cc2)c(C#N)c2ccc(OC(F)F)cc21. The number of hydrogen-bond acceptors (Lipinski definition) is 4. The van der Waals surface area contributed by atoms with Gasteiger partial charge in [0.25, 0.3) is 0 Å². The molecule has 0 aliphatic heterocycles. The number of aromatic nitrogens is 1. The predicted octanol–water partition coefficient (Wildman–Crippen LogP) is 7.32. The van der Waals surface area contributed by atoms with E-state index in [2.05, 4.69) is 15.5 Å². The minimum atomic E-state index is -4.52. The first-order chi connectivity index (χ1) is 18.3. The Hall–Kier alpha value is -4.11. The number of alkyl halides is 5. The van der Waals surface area contributed by atoms with Gasteiger partial charge in [-0.15, -0.1) is 0 Å². The molecule has 0 atom stereocenters. The summed E-state index contributed by atoms with van der Waals surface area (Å²) in [5.41, 5.74) is 1.47. The zero-order valence-corrected chi connectivity index (χ0v) is 21.4. The van der Waals surface area contributed by atoms with E-state index in [1.54, 1.807) is 12.1 Å². The second-order valence-electron chi connectivity index (χ2n) is 8.99. The minimum Gasteiger partial charge on any atom is -0.435 e. The standard InChI is InChI=1S/C27H22F5N3O3S/c1-16(2)35-24-13-21(38-26(28)29)11-12-22(24)23(14-33)25(35)18-5-9-20(10-6-18)34-39(36,37)15-17-3-7-19(8-4-17)27(30,31)32/h3-13,16,26,34H,15H2,1-2H3. The fraction of sp³-hybridized carbons (Fsp3) is 0.222. The van der Waals surface area contributed by atoms with E-state index in [1.807, 2.05) is 18.4 Å². The van der Waals surface area contributed by atoms with Crippen LogP contribution >= 0.6 is 0 Å². The van der Waals surface area contributed by atoms with Crippen molar-refractivity contribution < 1.29 is 35.1 Å². The normalized spacial score (nSPS) is 12.2. The first-order valence-corrected chi connectivity index (χ1v) is 13.2. The topological polar surface area (TPSA) is 84.1 Å². The molecule has 1 N–H and O–H groups in total. The zero-order chi connectivity index (χ0) is 28.5. The number of nitrogens with one attached hydrogen (secondary N) is 1. The molecular weight excluding hydrogens is 541 g/mol. The van der Waals surface area contributed by atoms with Crippen LogP contribution in [0.15, 0.2) is 66.7 Å². The molecule has 0 spiro atoms. The van der Waals surface area contributed by atoms with Gasteiger partial charge in [0.15, 0.2) is 0 Å². The van der Waals surface area contributed by atoms with Crippen molar-refractivity contribution in [3.63, 3.8) is 0 Å². The minimum absolute atomic E-state index is 0.0502. The fourth-order valence-corrected chi connectivity index (χ4v) is 5.52. The number of ether oxygens (including phenoxy) is 1. The number of nitrogens with zero attached hydrogens (tertiary/aromatic N) is 2. The Balaban J connectivity index is 1.63. The molecule has 4 aromatic rings. The molecule has 0 radical (unpaired) electrons. The van der Waals surface area contributed by atoms with Gasteiger partial charge in [0, 0.05) is 23.2 Å². The molecule has 3 aromatic carbocycles. The third-order valence-corrected chi connectivity index (χ3v) is 7.16. The highest BCUT2D eigenvalue weighted by Gasteiger charge is 2.30. The number of benzene rings is 3. The Morgan fingerprint density at radius 1 is 1.00 bits per heavy atom. The second kappa shape index (κ2) is 10.6. The maximum absolute atomic E-state index is 12.8. The Bertz CT molecular complexity index is 1640. The molecule has 39 heavy (non-hydrogen) atoms. The Kier molecular flexibility index (Phi) is 7.57. The number of hydrogen-bond donors (Lipinski definition) is 1. The third kappa shape index (κ3) is 6.15. The summed E-state index contributed by atoms with van der Waals surface area (Å²) < 4.78 is 97.8. The fourth-order valence-electron chi connectivity index (χ4n) is 4.32. The lowest BCUT2D eigenvalue weighted by Crippen LogP contribution is -2.15. The number of rotatable bonds is 8. The van der Waals surface area contributed by atoms with Gasteiger partial charge in [-0.25, -0.2) is 8.42 Å². The molecule has 6 nitrogen and oxygen atoms in total. The van der Waals surface area contributed by atoms with E-state index in [0.29, 0.717) is 27.7 Å². The predicted molar refractivity (Wildman–Crippen MR) is 137 cm³/mol. The molecule has 0 fully saturated rings. The molecule has 0 aliphatic carbocycles. The van der Waals surface area contributed by atoms with Gasteiger partial charge in [-0.1, -0.05) is 24.3 Å². The lowest BCUT2D eigenvalue weighted by molar-refractivity contribution is -0.137. The summed E-state index contributed by atoms with van der Waals surface area (Å²) in [6, 6.07) is 16.4. The molecule has 0 unspecified atom stereocenters. The van der Waals surface area contributed by atoms with Crippen LogP contribution in [0.5, 0.6) is 5.75 Å². The largest absolute Gasteiger partial charge is 0.435 e. The van der Waals surface area contributed by atoms with Gasteiger partial charge in [0.1, 0.15) is 11.8 Å². The van der Waals surface area contributed by atoms with Crippen LogP contribution in [0.3, 0.4) is 0 Å². The van der Waals surface area contributed by atoms with Gasteiger partial charge >= 0.3 is 12.8 Å². The molecule has 1 heterocycles. The van der Waals surface area contributed by atoms with Crippen LogP contribution in [-0.4, -0.2) is 19.6 Å². The number of halogens is 5. The van der Waals surface area contributed by atoms with Crippen LogP contribution in [0.4, 0.5) is 27.6 Å². The molecule has 0 saturated heterocycles. The quantitative estimate of drug-likeness (QED) is 0.228. The summed E-state index contributed by atoms with van der Waals surface area (Å²) in [4.78, 5) is 0. The summed E-state index contributed by atoms with van der Waals surface area (Å²) >= 11 is 0. The molecular formula is C27H22F5N3O3S. The van der Waals surface area contributed by atoms with Crippen LogP contribution in [0.1, 0.15) is 36.6 Å². The molecule has 0 aliphatic rings. The highest BCUT2D eigenvalue weighted by atomic mass is 32.2. The number of nitriles is 1. The van der Waals surface area contributed by atoms with Crippen molar-refractivity contribution in [3.05, 3.63) is 83.4 Å². The molecule has 12 heteroatoms. The average molecular weight is 564 g/mol. The Morgan fingerprint density at radius 3 is 2.18 bits per heavy atom. The van der Waals surface area contributed by atoms with Crippen molar-refractivity contribution >= 4 is 26.6 Å². The number of anilines is 1. The van der Waals surface area contributed by atoms with Crippen molar-refractivity contribution in [3.8, 4) is 23.1 Å². The molecule has 204 valence electrons. The summed E-state index contributed by atoms with van der Waals surface area (Å²) in [7, 11) is -3.95. The molecule has 0 amide bonds. The lowest BCUT2D eigenvalue weighted by atomic mass is 10.1. The smallest absolute Gasteiger partial charge is 0.416 e. The highest BCUT2D eigenvalue weighted by Crippen LogP contribution is 2.38. The molecule has 4 rings (SSSR count). The Labute approximate surface area is 221 Å². The van der Waals surface area contributed by atoms with Crippen LogP contribution in [0.2, 0.25) is 0 Å². The lowest BCUT2D eigenvalue weighted by Gasteiger charge is -2.16. The van der Waals surface area contributed by atoms with Gasteiger partial charge in [0.2, 0.25) is 10.0 Å². The van der Waals surface area contributed by atoms with E-state index in [1.165, 1.54) is 30.3 Å². The van der Waals surface area contributed by atoms with Crippen molar-refractivity contribution in [1.82, 2.24) is 4.57 Å². The molecule has 0 saturated carbocycles. The Morgan fingerprint density at radius 2 is 1.64 bits per heavy atom. The van der Waals surface area contributed by atoms with E-state index in [-0.39, 0.29) is 23.0 Å². The molecule has 1 aromatic heterocycles. The third-order valence-electron chi connectivity index (χ3n) is 5.90. The van der Waals surface area contributed by atoms with Gasteiger partial charge in [-0.3, -0.25) is 4.72 Å². The van der Waals surface area contributed by atoms with Crippen LogP contribution in [0.25, 0.3) is 22.2 Å². The van der Waals surface area contributed by atoms with Crippen LogP contribution in [-0.2, 0) is 22.0 Å².